The van der Waals surface area contributed by atoms with Gasteiger partial charge in [0, 0.05) is 33.0 Å². The van der Waals surface area contributed by atoms with Crippen molar-refractivity contribution in [3.8, 4) is 11.3 Å². The molecule has 0 aliphatic carbocycles. The molecule has 0 aliphatic heterocycles. The van der Waals surface area contributed by atoms with Crippen molar-refractivity contribution in [1.29, 1.82) is 0 Å². The van der Waals surface area contributed by atoms with Crippen molar-refractivity contribution in [1.82, 2.24) is 9.97 Å². The van der Waals surface area contributed by atoms with Crippen LogP contribution in [0.3, 0.4) is 0 Å². The van der Waals surface area contributed by atoms with Gasteiger partial charge in [0.2, 0.25) is 5.95 Å². The SMILES string of the molecule is CCN(c1nc(C)cc(-c2ccccc2S(C)(=O)=O)n1)c1ccc(Br)cc1Br. The van der Waals surface area contributed by atoms with E-state index in [1.807, 2.05) is 43.0 Å². The number of nitrogens with zero attached hydrogens (tertiary/aromatic N) is 3. The largest absolute Gasteiger partial charge is 0.310 e. The van der Waals surface area contributed by atoms with Crippen LogP contribution in [-0.4, -0.2) is 31.2 Å². The Morgan fingerprint density at radius 2 is 1.75 bits per heavy atom. The van der Waals surface area contributed by atoms with E-state index in [1.54, 1.807) is 24.3 Å². The van der Waals surface area contributed by atoms with E-state index in [0.717, 1.165) is 20.3 Å². The van der Waals surface area contributed by atoms with Crippen LogP contribution in [0.4, 0.5) is 11.6 Å². The summed E-state index contributed by atoms with van der Waals surface area (Å²) in [6.45, 7) is 4.54. The third-order valence-corrected chi connectivity index (χ3v) is 6.45. The third kappa shape index (κ3) is 4.45. The van der Waals surface area contributed by atoms with Gasteiger partial charge in [-0.15, -0.1) is 0 Å². The van der Waals surface area contributed by atoms with Crippen LogP contribution in [0.15, 0.2) is 62.4 Å². The van der Waals surface area contributed by atoms with Crippen LogP contribution < -0.4 is 4.90 Å². The van der Waals surface area contributed by atoms with Crippen molar-refractivity contribution in [3.05, 3.63) is 63.2 Å². The first-order chi connectivity index (χ1) is 13.2. The molecule has 8 heteroatoms. The number of halogens is 2. The summed E-state index contributed by atoms with van der Waals surface area (Å²) in [5.74, 6) is 0.517. The molecule has 1 aromatic heterocycles. The molecular weight excluding hydrogens is 506 g/mol. The molecule has 0 radical (unpaired) electrons. The average Bonchev–Trinajstić information content (AvgIpc) is 2.63. The number of aromatic nitrogens is 2. The standard InChI is InChI=1S/C20H19Br2N3O2S/c1-4-25(18-10-9-14(21)12-16(18)22)20-23-13(2)11-17(24-20)15-7-5-6-8-19(15)28(3,26)27/h5-12H,4H2,1-3H3. The fourth-order valence-corrected chi connectivity index (χ4v) is 5.09. The van der Waals surface area contributed by atoms with Gasteiger partial charge in [-0.25, -0.2) is 18.4 Å². The Kier molecular flexibility index (Phi) is 6.21. The number of anilines is 2. The lowest BCUT2D eigenvalue weighted by Crippen LogP contribution is -2.20. The van der Waals surface area contributed by atoms with E-state index in [1.165, 1.54) is 6.26 Å². The predicted octanol–water partition coefficient (Wildman–Crippen LogP) is 5.54. The molecule has 28 heavy (non-hydrogen) atoms. The summed E-state index contributed by atoms with van der Waals surface area (Å²) in [5.41, 5.74) is 2.84. The average molecular weight is 525 g/mol. The molecule has 0 atom stereocenters. The Labute approximate surface area is 182 Å². The van der Waals surface area contributed by atoms with Gasteiger partial charge in [-0.3, -0.25) is 0 Å². The molecule has 2 aromatic carbocycles. The molecule has 3 rings (SSSR count). The monoisotopic (exact) mass is 523 g/mol. The molecule has 3 aromatic rings. The highest BCUT2D eigenvalue weighted by Crippen LogP contribution is 2.34. The quantitative estimate of drug-likeness (QED) is 0.438. The van der Waals surface area contributed by atoms with Crippen molar-refractivity contribution in [2.24, 2.45) is 0 Å². The van der Waals surface area contributed by atoms with Crippen molar-refractivity contribution in [2.45, 2.75) is 18.7 Å². The maximum Gasteiger partial charge on any atom is 0.230 e. The Hall–Kier alpha value is -1.77. The maximum absolute atomic E-state index is 12.2. The zero-order valence-corrected chi connectivity index (χ0v) is 19.6. The molecule has 1 heterocycles. The van der Waals surface area contributed by atoms with Crippen molar-refractivity contribution >= 4 is 53.3 Å². The molecule has 0 N–H and O–H groups in total. The summed E-state index contributed by atoms with van der Waals surface area (Å²) in [5, 5.41) is 0. The summed E-state index contributed by atoms with van der Waals surface area (Å²) >= 11 is 7.07. The van der Waals surface area contributed by atoms with Crippen molar-refractivity contribution < 1.29 is 8.42 Å². The minimum Gasteiger partial charge on any atom is -0.310 e. The van der Waals surface area contributed by atoms with E-state index >= 15 is 0 Å². The van der Waals surface area contributed by atoms with Gasteiger partial charge >= 0.3 is 0 Å². The minimum atomic E-state index is -3.38. The Bertz CT molecular complexity index is 1130. The first kappa shape index (κ1) is 21.0. The van der Waals surface area contributed by atoms with Crippen LogP contribution in [0, 0.1) is 6.92 Å². The number of hydrogen-bond acceptors (Lipinski definition) is 5. The normalized spacial score (nSPS) is 11.5. The first-order valence-electron chi connectivity index (χ1n) is 8.58. The predicted molar refractivity (Wildman–Crippen MR) is 120 cm³/mol. The molecular formula is C20H19Br2N3O2S. The van der Waals surface area contributed by atoms with E-state index < -0.39 is 9.84 Å². The van der Waals surface area contributed by atoms with E-state index in [2.05, 4.69) is 36.8 Å². The highest BCUT2D eigenvalue weighted by atomic mass is 79.9. The molecule has 0 fully saturated rings. The zero-order valence-electron chi connectivity index (χ0n) is 15.6. The van der Waals surface area contributed by atoms with Gasteiger partial charge in [0.1, 0.15) is 0 Å². The second-order valence-electron chi connectivity index (χ2n) is 6.30. The second-order valence-corrected chi connectivity index (χ2v) is 10.1. The van der Waals surface area contributed by atoms with Gasteiger partial charge in [-0.2, -0.15) is 0 Å². The fraction of sp³-hybridized carbons (Fsp3) is 0.200. The minimum absolute atomic E-state index is 0.256. The summed E-state index contributed by atoms with van der Waals surface area (Å²) in [6.07, 6.45) is 1.21. The van der Waals surface area contributed by atoms with Gasteiger partial charge in [-0.05, 0) is 60.1 Å². The van der Waals surface area contributed by atoms with Crippen molar-refractivity contribution in [2.75, 3.05) is 17.7 Å². The Morgan fingerprint density at radius 3 is 2.39 bits per heavy atom. The van der Waals surface area contributed by atoms with E-state index in [-0.39, 0.29) is 4.90 Å². The number of aryl methyl sites for hydroxylation is 1. The molecule has 0 saturated heterocycles. The molecule has 0 spiro atoms. The molecule has 0 bridgehead atoms. The van der Waals surface area contributed by atoms with Gasteiger partial charge in [0.15, 0.2) is 9.84 Å². The summed E-state index contributed by atoms with van der Waals surface area (Å²) in [6, 6.07) is 14.6. The van der Waals surface area contributed by atoms with Crippen LogP contribution >= 0.6 is 31.9 Å². The molecule has 0 unspecified atom stereocenters. The van der Waals surface area contributed by atoms with Crippen LogP contribution in [0.2, 0.25) is 0 Å². The molecule has 0 aliphatic rings. The third-order valence-electron chi connectivity index (χ3n) is 4.16. The molecule has 5 nitrogen and oxygen atoms in total. The molecule has 0 amide bonds. The highest BCUT2D eigenvalue weighted by molar-refractivity contribution is 9.11. The van der Waals surface area contributed by atoms with Gasteiger partial charge < -0.3 is 4.90 Å². The second kappa shape index (κ2) is 8.31. The highest BCUT2D eigenvalue weighted by Gasteiger charge is 2.19. The summed E-state index contributed by atoms with van der Waals surface area (Å²) in [7, 11) is -3.38. The number of benzene rings is 2. The van der Waals surface area contributed by atoms with Gasteiger partial charge in [-0.1, -0.05) is 34.1 Å². The fourth-order valence-electron chi connectivity index (χ4n) is 2.93. The molecule has 146 valence electrons. The Morgan fingerprint density at radius 1 is 1.04 bits per heavy atom. The summed E-state index contributed by atoms with van der Waals surface area (Å²) < 4.78 is 26.3. The van der Waals surface area contributed by atoms with Gasteiger partial charge in [0.05, 0.1) is 16.3 Å². The smallest absolute Gasteiger partial charge is 0.230 e. The first-order valence-corrected chi connectivity index (χ1v) is 12.1. The molecule has 0 saturated carbocycles. The lowest BCUT2D eigenvalue weighted by atomic mass is 10.1. The van der Waals surface area contributed by atoms with Crippen LogP contribution in [-0.2, 0) is 9.84 Å². The van der Waals surface area contributed by atoms with Crippen LogP contribution in [0.5, 0.6) is 0 Å². The van der Waals surface area contributed by atoms with Crippen LogP contribution in [0.25, 0.3) is 11.3 Å². The van der Waals surface area contributed by atoms with E-state index in [0.29, 0.717) is 23.8 Å². The number of sulfone groups is 1. The van der Waals surface area contributed by atoms with Gasteiger partial charge in [0.25, 0.3) is 0 Å². The Balaban J connectivity index is 2.17. The van der Waals surface area contributed by atoms with E-state index in [9.17, 15) is 8.42 Å². The van der Waals surface area contributed by atoms with Crippen LogP contribution in [0.1, 0.15) is 12.6 Å². The van der Waals surface area contributed by atoms with E-state index in [4.69, 9.17) is 4.98 Å². The van der Waals surface area contributed by atoms with Crippen molar-refractivity contribution in [3.63, 3.8) is 0 Å². The lowest BCUT2D eigenvalue weighted by molar-refractivity contribution is 0.602. The number of hydrogen-bond donors (Lipinski definition) is 0. The lowest BCUT2D eigenvalue weighted by Gasteiger charge is -2.23. The maximum atomic E-state index is 12.2. The topological polar surface area (TPSA) is 63.2 Å². The zero-order chi connectivity index (χ0) is 20.5. The number of rotatable bonds is 5. The summed E-state index contributed by atoms with van der Waals surface area (Å²) in [4.78, 5) is 11.5.